The van der Waals surface area contributed by atoms with E-state index in [4.69, 9.17) is 0 Å². The zero-order chi connectivity index (χ0) is 28.2. The molecule has 4 amide bonds. The molecule has 4 N–H and O–H groups in total. The largest absolute Gasteiger partial charge is 0.348 e. The van der Waals surface area contributed by atoms with Crippen molar-refractivity contribution in [1.82, 2.24) is 10.6 Å². The zero-order valence-corrected chi connectivity index (χ0v) is 21.9. The normalized spacial score (nSPS) is 10.3. The first-order valence-electron chi connectivity index (χ1n) is 12.9. The van der Waals surface area contributed by atoms with Crippen molar-refractivity contribution in [2.24, 2.45) is 0 Å². The van der Waals surface area contributed by atoms with Crippen LogP contribution in [0.3, 0.4) is 0 Å². The molecule has 0 aliphatic carbocycles. The van der Waals surface area contributed by atoms with Gasteiger partial charge in [0.1, 0.15) is 0 Å². The number of hydrogen-bond donors (Lipinski definition) is 4. The van der Waals surface area contributed by atoms with Gasteiger partial charge in [-0.1, -0.05) is 72.8 Å². The van der Waals surface area contributed by atoms with Gasteiger partial charge in [-0.3, -0.25) is 19.2 Å². The molecule has 0 aromatic heterocycles. The van der Waals surface area contributed by atoms with Crippen molar-refractivity contribution in [3.63, 3.8) is 0 Å². The van der Waals surface area contributed by atoms with Crippen LogP contribution in [0.5, 0.6) is 0 Å². The van der Waals surface area contributed by atoms with Gasteiger partial charge in [-0.05, 0) is 47.5 Å². The molecule has 0 radical (unpaired) electrons. The Kier molecular flexibility index (Phi) is 9.77. The van der Waals surface area contributed by atoms with E-state index in [0.29, 0.717) is 35.6 Å². The summed E-state index contributed by atoms with van der Waals surface area (Å²) in [5, 5.41) is 11.2. The third-order valence-electron chi connectivity index (χ3n) is 5.99. The van der Waals surface area contributed by atoms with E-state index in [0.717, 1.165) is 11.1 Å². The van der Waals surface area contributed by atoms with Gasteiger partial charge in [-0.2, -0.15) is 0 Å². The van der Waals surface area contributed by atoms with E-state index in [1.54, 1.807) is 48.5 Å². The fourth-order valence-electron chi connectivity index (χ4n) is 3.91. The molecular formula is C32H30N4O4. The van der Waals surface area contributed by atoms with Crippen LogP contribution >= 0.6 is 0 Å². The van der Waals surface area contributed by atoms with Crippen molar-refractivity contribution in [2.45, 2.75) is 25.9 Å². The van der Waals surface area contributed by atoms with Crippen LogP contribution in [-0.4, -0.2) is 23.6 Å². The van der Waals surface area contributed by atoms with E-state index in [1.807, 2.05) is 60.7 Å². The highest BCUT2D eigenvalue weighted by Crippen LogP contribution is 2.14. The second kappa shape index (κ2) is 14.1. The molecule has 202 valence electrons. The van der Waals surface area contributed by atoms with Crippen molar-refractivity contribution < 1.29 is 19.2 Å². The highest BCUT2D eigenvalue weighted by atomic mass is 16.2. The fraction of sp³-hybridized carbons (Fsp3) is 0.125. The predicted octanol–water partition coefficient (Wildman–Crippen LogP) is 4.90. The molecule has 0 spiro atoms. The van der Waals surface area contributed by atoms with Gasteiger partial charge >= 0.3 is 0 Å². The summed E-state index contributed by atoms with van der Waals surface area (Å²) < 4.78 is 0. The first-order valence-corrected chi connectivity index (χ1v) is 12.9. The standard InChI is InChI=1S/C32H30N4O4/c37-29(35-27-15-7-13-25(19-27)31(39)33-21-23-9-3-1-4-10-23)17-18-30(38)36-28-16-8-14-26(20-28)32(40)34-22-24-11-5-2-6-12-24/h1-16,19-20H,17-18,21-22H2,(H,33,39)(H,34,40)(H,35,37)(H,36,38). The third kappa shape index (κ3) is 8.66. The molecule has 0 saturated carbocycles. The Hall–Kier alpha value is -5.24. The van der Waals surface area contributed by atoms with Crippen LogP contribution in [0.1, 0.15) is 44.7 Å². The summed E-state index contributed by atoms with van der Waals surface area (Å²) in [4.78, 5) is 49.9. The highest BCUT2D eigenvalue weighted by Gasteiger charge is 2.12. The van der Waals surface area contributed by atoms with Gasteiger partial charge in [0.05, 0.1) is 0 Å². The molecular weight excluding hydrogens is 504 g/mol. The van der Waals surface area contributed by atoms with Crippen LogP contribution in [0.2, 0.25) is 0 Å². The Labute approximate surface area is 232 Å². The van der Waals surface area contributed by atoms with Gasteiger partial charge in [0.25, 0.3) is 11.8 Å². The number of amides is 4. The number of nitrogens with one attached hydrogen (secondary N) is 4. The molecule has 4 aromatic rings. The molecule has 0 bridgehead atoms. The smallest absolute Gasteiger partial charge is 0.251 e. The first-order chi connectivity index (χ1) is 19.5. The van der Waals surface area contributed by atoms with E-state index in [9.17, 15) is 19.2 Å². The van der Waals surface area contributed by atoms with E-state index >= 15 is 0 Å². The topological polar surface area (TPSA) is 116 Å². The second-order valence-corrected chi connectivity index (χ2v) is 9.09. The maximum Gasteiger partial charge on any atom is 0.251 e. The van der Waals surface area contributed by atoms with Crippen molar-refractivity contribution in [3.8, 4) is 0 Å². The van der Waals surface area contributed by atoms with E-state index in [-0.39, 0.29) is 36.5 Å². The number of carbonyl (C=O) groups is 4. The summed E-state index contributed by atoms with van der Waals surface area (Å²) in [5.41, 5.74) is 3.73. The maximum atomic E-state index is 12.5. The number of carbonyl (C=O) groups excluding carboxylic acids is 4. The lowest BCUT2D eigenvalue weighted by Crippen LogP contribution is -2.23. The van der Waals surface area contributed by atoms with Crippen molar-refractivity contribution in [3.05, 3.63) is 131 Å². The van der Waals surface area contributed by atoms with Gasteiger partial charge in [-0.15, -0.1) is 0 Å². The highest BCUT2D eigenvalue weighted by molar-refractivity contribution is 6.00. The molecule has 40 heavy (non-hydrogen) atoms. The Balaban J connectivity index is 1.22. The summed E-state index contributed by atoms with van der Waals surface area (Å²) in [6.07, 6.45) is -0.0962. The lowest BCUT2D eigenvalue weighted by molar-refractivity contribution is -0.121. The Morgan fingerprint density at radius 3 is 1.27 bits per heavy atom. The molecule has 0 unspecified atom stereocenters. The zero-order valence-electron chi connectivity index (χ0n) is 21.9. The summed E-state index contributed by atoms with van der Waals surface area (Å²) in [5.74, 6) is -1.22. The molecule has 4 rings (SSSR count). The average Bonchev–Trinajstić information content (AvgIpc) is 2.99. The van der Waals surface area contributed by atoms with Crippen LogP contribution in [0, 0.1) is 0 Å². The Bertz CT molecular complexity index is 1360. The van der Waals surface area contributed by atoms with Crippen LogP contribution in [0.4, 0.5) is 11.4 Å². The van der Waals surface area contributed by atoms with E-state index in [1.165, 1.54) is 0 Å². The Morgan fingerprint density at radius 1 is 0.475 bits per heavy atom. The van der Waals surface area contributed by atoms with Crippen LogP contribution in [-0.2, 0) is 22.7 Å². The van der Waals surface area contributed by atoms with Gasteiger partial charge in [0.15, 0.2) is 0 Å². The molecule has 0 saturated heterocycles. The molecule has 0 atom stereocenters. The summed E-state index contributed by atoms with van der Waals surface area (Å²) in [6.45, 7) is 0.791. The fourth-order valence-corrected chi connectivity index (χ4v) is 3.91. The lowest BCUT2D eigenvalue weighted by Gasteiger charge is -2.10. The molecule has 0 aliphatic heterocycles. The van der Waals surface area contributed by atoms with Gasteiger partial charge in [0, 0.05) is 48.4 Å². The molecule has 0 aliphatic rings. The minimum atomic E-state index is -0.356. The third-order valence-corrected chi connectivity index (χ3v) is 5.99. The first kappa shape index (κ1) is 27.8. The monoisotopic (exact) mass is 534 g/mol. The van der Waals surface area contributed by atoms with E-state index in [2.05, 4.69) is 21.3 Å². The molecule has 0 heterocycles. The van der Waals surface area contributed by atoms with Gasteiger partial charge < -0.3 is 21.3 Å². The van der Waals surface area contributed by atoms with Crippen LogP contribution in [0.15, 0.2) is 109 Å². The van der Waals surface area contributed by atoms with E-state index < -0.39 is 0 Å². The average molecular weight is 535 g/mol. The minimum absolute atomic E-state index is 0.0481. The Morgan fingerprint density at radius 2 is 0.875 bits per heavy atom. The van der Waals surface area contributed by atoms with Crippen molar-refractivity contribution in [2.75, 3.05) is 10.6 Å². The lowest BCUT2D eigenvalue weighted by atomic mass is 10.1. The maximum absolute atomic E-state index is 12.5. The summed E-state index contributed by atoms with van der Waals surface area (Å²) in [6, 6.07) is 32.4. The summed E-state index contributed by atoms with van der Waals surface area (Å²) in [7, 11) is 0. The molecule has 4 aromatic carbocycles. The number of rotatable bonds is 11. The predicted molar refractivity (Wildman–Crippen MR) is 155 cm³/mol. The van der Waals surface area contributed by atoms with Crippen LogP contribution in [0.25, 0.3) is 0 Å². The molecule has 8 heteroatoms. The van der Waals surface area contributed by atoms with Gasteiger partial charge in [0.2, 0.25) is 11.8 Å². The number of benzene rings is 4. The number of hydrogen-bond acceptors (Lipinski definition) is 4. The quantitative estimate of drug-likeness (QED) is 0.219. The van der Waals surface area contributed by atoms with Crippen molar-refractivity contribution >= 4 is 35.0 Å². The number of anilines is 2. The van der Waals surface area contributed by atoms with Gasteiger partial charge in [-0.25, -0.2) is 0 Å². The van der Waals surface area contributed by atoms with Crippen LogP contribution < -0.4 is 21.3 Å². The van der Waals surface area contributed by atoms with Crippen molar-refractivity contribution in [1.29, 1.82) is 0 Å². The summed E-state index contributed by atoms with van der Waals surface area (Å²) >= 11 is 0. The SMILES string of the molecule is O=C(CCC(=O)Nc1cccc(C(=O)NCc2ccccc2)c1)Nc1cccc(C(=O)NCc2ccccc2)c1. The minimum Gasteiger partial charge on any atom is -0.348 e. The molecule has 8 nitrogen and oxygen atoms in total. The second-order valence-electron chi connectivity index (χ2n) is 9.09. The molecule has 0 fully saturated rings.